The predicted octanol–water partition coefficient (Wildman–Crippen LogP) is 9.87. The molecule has 0 atom stereocenters. The third kappa shape index (κ3) is 4.34. The van der Waals surface area contributed by atoms with Gasteiger partial charge in [-0.05, 0) is 85.3 Å². The number of nitrogens with zero attached hydrogens (tertiary/aromatic N) is 4. The minimum atomic E-state index is 0.391. The van der Waals surface area contributed by atoms with Crippen LogP contribution in [0.3, 0.4) is 0 Å². The Morgan fingerprint density at radius 2 is 0.976 bits per heavy atom. The van der Waals surface area contributed by atoms with Crippen LogP contribution in [0, 0.1) is 17.9 Å². The molecule has 0 radical (unpaired) electrons. The van der Waals surface area contributed by atoms with Gasteiger partial charge in [0, 0.05) is 17.3 Å². The highest BCUT2D eigenvalue weighted by Gasteiger charge is 2.17. The van der Waals surface area contributed by atoms with Crippen molar-refractivity contribution in [3.63, 3.8) is 0 Å². The van der Waals surface area contributed by atoms with E-state index in [1.807, 2.05) is 12.1 Å². The molecular weight excluding hydrogens is 512 g/mol. The zero-order valence-electron chi connectivity index (χ0n) is 22.5. The Morgan fingerprint density at radius 1 is 0.500 bits per heavy atom. The summed E-state index contributed by atoms with van der Waals surface area (Å²) in [6.45, 7) is 7.22. The van der Waals surface area contributed by atoms with Crippen molar-refractivity contribution in [2.24, 2.45) is 0 Å². The van der Waals surface area contributed by atoms with E-state index in [1.165, 1.54) is 32.7 Å². The summed E-state index contributed by atoms with van der Waals surface area (Å²) in [6.07, 6.45) is 3.52. The Hall–Kier alpha value is -6.10. The minimum Gasteiger partial charge on any atom is -0.361 e. The highest BCUT2D eigenvalue weighted by Crippen LogP contribution is 2.44. The molecule has 0 N–H and O–H groups in total. The fourth-order valence-corrected chi connectivity index (χ4v) is 5.71. The molecular formula is C38H22N4. The molecule has 0 saturated carbocycles. The van der Waals surface area contributed by atoms with Gasteiger partial charge in [0.05, 0.1) is 0 Å². The van der Waals surface area contributed by atoms with Crippen LogP contribution < -0.4 is 0 Å². The molecule has 0 unspecified atom stereocenters. The molecule has 0 spiro atoms. The van der Waals surface area contributed by atoms with E-state index in [-0.39, 0.29) is 0 Å². The van der Waals surface area contributed by atoms with Gasteiger partial charge in [0.15, 0.2) is 0 Å². The minimum absolute atomic E-state index is 0.391. The molecule has 0 fully saturated rings. The Kier molecular flexibility index (Phi) is 6.21. The SMILES string of the molecule is [C-]#[N+]c1ccc(-c2cccc(-c3c4ccccc4c(-c4cccc(-c5ccc(C#N)nc5)c4)c4ccccc34)c2)cn1. The highest BCUT2D eigenvalue weighted by atomic mass is 14.8. The second-order valence-corrected chi connectivity index (χ2v) is 10.1. The second-order valence-electron chi connectivity index (χ2n) is 10.1. The zero-order valence-corrected chi connectivity index (χ0v) is 22.5. The summed E-state index contributed by atoms with van der Waals surface area (Å²) in [6, 6.07) is 43.8. The average molecular weight is 535 g/mol. The second kappa shape index (κ2) is 10.5. The fraction of sp³-hybridized carbons (Fsp3) is 0. The van der Waals surface area contributed by atoms with Crippen LogP contribution in [-0.2, 0) is 0 Å². The van der Waals surface area contributed by atoms with Crippen molar-refractivity contribution in [2.75, 3.05) is 0 Å². The Bertz CT molecular complexity index is 1980. The van der Waals surface area contributed by atoms with Crippen molar-refractivity contribution >= 4 is 27.4 Å². The van der Waals surface area contributed by atoms with Crippen molar-refractivity contribution < 1.29 is 0 Å². The Morgan fingerprint density at radius 3 is 1.38 bits per heavy atom. The average Bonchev–Trinajstić information content (AvgIpc) is 3.07. The summed E-state index contributed by atoms with van der Waals surface area (Å²) >= 11 is 0. The van der Waals surface area contributed by atoms with Crippen LogP contribution in [-0.4, -0.2) is 9.97 Å². The molecule has 4 nitrogen and oxygen atoms in total. The van der Waals surface area contributed by atoms with Crippen molar-refractivity contribution in [2.45, 2.75) is 0 Å². The molecule has 42 heavy (non-hydrogen) atoms. The fourth-order valence-electron chi connectivity index (χ4n) is 5.71. The van der Waals surface area contributed by atoms with Gasteiger partial charge < -0.3 is 4.85 Å². The quantitative estimate of drug-likeness (QED) is 0.167. The number of nitriles is 1. The van der Waals surface area contributed by atoms with E-state index in [0.717, 1.165) is 33.4 Å². The summed E-state index contributed by atoms with van der Waals surface area (Å²) in [7, 11) is 0. The molecule has 4 heteroatoms. The zero-order chi connectivity index (χ0) is 28.5. The van der Waals surface area contributed by atoms with Crippen LogP contribution in [0.5, 0.6) is 0 Å². The summed E-state index contributed by atoms with van der Waals surface area (Å²) in [5, 5.41) is 13.9. The molecule has 0 saturated heterocycles. The van der Waals surface area contributed by atoms with Crippen LogP contribution >= 0.6 is 0 Å². The normalized spacial score (nSPS) is 10.8. The topological polar surface area (TPSA) is 53.9 Å². The lowest BCUT2D eigenvalue weighted by Gasteiger charge is -2.18. The smallest absolute Gasteiger partial charge is 0.269 e. The first-order valence-electron chi connectivity index (χ1n) is 13.6. The summed E-state index contributed by atoms with van der Waals surface area (Å²) in [5.74, 6) is 0.391. The molecule has 0 aliphatic carbocycles. The van der Waals surface area contributed by atoms with Gasteiger partial charge in [-0.15, -0.1) is 4.98 Å². The van der Waals surface area contributed by atoms with E-state index in [2.05, 4.69) is 118 Å². The van der Waals surface area contributed by atoms with Gasteiger partial charge in [-0.3, -0.25) is 0 Å². The number of rotatable bonds is 4. The number of hydrogen-bond acceptors (Lipinski definition) is 3. The summed E-state index contributed by atoms with van der Waals surface area (Å²) < 4.78 is 0. The van der Waals surface area contributed by atoms with Gasteiger partial charge in [0.2, 0.25) is 0 Å². The van der Waals surface area contributed by atoms with Gasteiger partial charge in [-0.2, -0.15) is 5.26 Å². The number of fused-ring (bicyclic) bond motifs is 2. The lowest BCUT2D eigenvalue weighted by molar-refractivity contribution is 1.26. The maximum atomic E-state index is 9.17. The van der Waals surface area contributed by atoms with E-state index in [9.17, 15) is 0 Å². The lowest BCUT2D eigenvalue weighted by atomic mass is 9.85. The summed E-state index contributed by atoms with van der Waals surface area (Å²) in [4.78, 5) is 12.0. The molecule has 2 aromatic heterocycles. The molecule has 0 amide bonds. The number of hydrogen-bond donors (Lipinski definition) is 0. The van der Waals surface area contributed by atoms with E-state index in [0.29, 0.717) is 11.5 Å². The van der Waals surface area contributed by atoms with E-state index < -0.39 is 0 Å². The molecule has 0 aliphatic heterocycles. The van der Waals surface area contributed by atoms with E-state index in [1.54, 1.807) is 24.5 Å². The summed E-state index contributed by atoms with van der Waals surface area (Å²) in [5.41, 5.74) is 9.07. The molecule has 7 rings (SSSR count). The number of benzene rings is 5. The van der Waals surface area contributed by atoms with Crippen molar-refractivity contribution in [3.05, 3.63) is 151 Å². The third-order valence-electron chi connectivity index (χ3n) is 7.64. The van der Waals surface area contributed by atoms with Crippen LogP contribution in [0.2, 0.25) is 0 Å². The first-order chi connectivity index (χ1) is 20.7. The van der Waals surface area contributed by atoms with Gasteiger partial charge in [-0.1, -0.05) is 97.6 Å². The van der Waals surface area contributed by atoms with Crippen LogP contribution in [0.4, 0.5) is 5.82 Å². The first-order valence-corrected chi connectivity index (χ1v) is 13.6. The maximum Gasteiger partial charge on any atom is 0.269 e. The van der Waals surface area contributed by atoms with Crippen LogP contribution in [0.15, 0.2) is 134 Å². The maximum absolute atomic E-state index is 9.17. The van der Waals surface area contributed by atoms with E-state index >= 15 is 0 Å². The van der Waals surface area contributed by atoms with Gasteiger partial charge in [-0.25, -0.2) is 4.98 Å². The Balaban J connectivity index is 1.45. The van der Waals surface area contributed by atoms with Gasteiger partial charge in [0.25, 0.3) is 5.82 Å². The van der Waals surface area contributed by atoms with E-state index in [4.69, 9.17) is 11.8 Å². The lowest BCUT2D eigenvalue weighted by Crippen LogP contribution is -1.92. The molecule has 194 valence electrons. The third-order valence-corrected chi connectivity index (χ3v) is 7.64. The molecule has 7 aromatic rings. The van der Waals surface area contributed by atoms with Crippen molar-refractivity contribution in [1.29, 1.82) is 5.26 Å². The predicted molar refractivity (Wildman–Crippen MR) is 170 cm³/mol. The first kappa shape index (κ1) is 24.9. The van der Waals surface area contributed by atoms with Crippen LogP contribution in [0.25, 0.3) is 70.9 Å². The monoisotopic (exact) mass is 534 g/mol. The molecule has 0 aliphatic rings. The van der Waals surface area contributed by atoms with Crippen molar-refractivity contribution in [1.82, 2.24) is 9.97 Å². The van der Waals surface area contributed by atoms with Gasteiger partial charge in [0.1, 0.15) is 18.0 Å². The molecule has 5 aromatic carbocycles. The number of aromatic nitrogens is 2. The Labute approximate surface area is 243 Å². The van der Waals surface area contributed by atoms with Gasteiger partial charge >= 0.3 is 0 Å². The molecule has 2 heterocycles. The van der Waals surface area contributed by atoms with Crippen LogP contribution in [0.1, 0.15) is 5.69 Å². The largest absolute Gasteiger partial charge is 0.361 e. The van der Waals surface area contributed by atoms with Crippen molar-refractivity contribution in [3.8, 4) is 50.6 Å². The molecule has 0 bridgehead atoms. The highest BCUT2D eigenvalue weighted by molar-refractivity contribution is 6.21. The standard InChI is InChI=1S/C38H22N4/c1-40-36-19-17-30(24-42-36)26-9-7-11-28(21-26)38-34-14-4-2-12-32(34)37(33-13-3-5-15-35(33)38)27-10-6-8-25(20-27)29-16-18-31(22-39)41-23-29/h2-21,23-24H. The number of pyridine rings is 2.